The van der Waals surface area contributed by atoms with E-state index in [1.807, 2.05) is 6.92 Å². The number of hydrogen-bond acceptors (Lipinski definition) is 5. The number of anilines is 1. The minimum Gasteiger partial charge on any atom is -0.494 e. The van der Waals surface area contributed by atoms with Crippen LogP contribution in [0.1, 0.15) is 43.8 Å². The largest absolute Gasteiger partial charge is 0.494 e. The Morgan fingerprint density at radius 1 is 1.03 bits per heavy atom. The molecule has 0 spiro atoms. The van der Waals surface area contributed by atoms with Gasteiger partial charge in [0.25, 0.3) is 17.7 Å². The van der Waals surface area contributed by atoms with Crippen molar-refractivity contribution in [2.24, 2.45) is 0 Å². The Morgan fingerprint density at radius 3 is 2.48 bits per heavy atom. The summed E-state index contributed by atoms with van der Waals surface area (Å²) in [7, 11) is 0. The highest BCUT2D eigenvalue weighted by Crippen LogP contribution is 2.26. The Bertz CT molecular complexity index is 1070. The number of amides is 3. The van der Waals surface area contributed by atoms with Crippen molar-refractivity contribution in [2.75, 3.05) is 11.9 Å². The van der Waals surface area contributed by atoms with Crippen molar-refractivity contribution in [3.05, 3.63) is 83.3 Å². The number of carbonyl (C=O) groups excluding carboxylic acids is 3. The molecule has 7 heteroatoms. The first-order valence-corrected chi connectivity index (χ1v) is 9.13. The maximum atomic E-state index is 12.7. The molecule has 0 saturated carbocycles. The number of carbonyl (C=O) groups is 3. The molecule has 0 atom stereocenters. The molecule has 4 rings (SSSR count). The van der Waals surface area contributed by atoms with Gasteiger partial charge >= 0.3 is 0 Å². The topological polar surface area (TPSA) is 88.8 Å². The SMILES string of the molecule is CCOc1ccc(NC(=O)c2ccc3c(c2)C(=O)N(Cc2ccco2)C3=O)cc1. The van der Waals surface area contributed by atoms with Crippen LogP contribution < -0.4 is 10.1 Å². The zero-order chi connectivity index (χ0) is 20.4. The van der Waals surface area contributed by atoms with Crippen molar-refractivity contribution in [3.63, 3.8) is 0 Å². The molecule has 1 aliphatic rings. The predicted octanol–water partition coefficient (Wildman–Crippen LogP) is 3.73. The van der Waals surface area contributed by atoms with E-state index in [0.29, 0.717) is 29.4 Å². The van der Waals surface area contributed by atoms with Crippen LogP contribution in [0.3, 0.4) is 0 Å². The van der Waals surface area contributed by atoms with E-state index in [1.54, 1.807) is 36.4 Å². The summed E-state index contributed by atoms with van der Waals surface area (Å²) >= 11 is 0. The van der Waals surface area contributed by atoms with Gasteiger partial charge in [0.1, 0.15) is 11.5 Å². The fourth-order valence-corrected chi connectivity index (χ4v) is 3.14. The van der Waals surface area contributed by atoms with Crippen LogP contribution in [0.2, 0.25) is 0 Å². The minimum absolute atomic E-state index is 0.0487. The molecule has 7 nitrogen and oxygen atoms in total. The molecule has 0 fully saturated rings. The average Bonchev–Trinajstić information content (AvgIpc) is 3.32. The zero-order valence-corrected chi connectivity index (χ0v) is 15.7. The first-order chi connectivity index (χ1) is 14.1. The van der Waals surface area contributed by atoms with Crippen LogP contribution in [-0.2, 0) is 6.54 Å². The van der Waals surface area contributed by atoms with Gasteiger partial charge in [-0.25, -0.2) is 0 Å². The van der Waals surface area contributed by atoms with Gasteiger partial charge in [0, 0.05) is 11.3 Å². The molecule has 0 unspecified atom stereocenters. The van der Waals surface area contributed by atoms with Crippen LogP contribution in [-0.4, -0.2) is 29.2 Å². The molecular formula is C22H18N2O5. The van der Waals surface area contributed by atoms with Crippen LogP contribution in [0.5, 0.6) is 5.75 Å². The lowest BCUT2D eigenvalue weighted by atomic mass is 10.1. The summed E-state index contributed by atoms with van der Waals surface area (Å²) in [6.45, 7) is 2.50. The first-order valence-electron chi connectivity index (χ1n) is 9.13. The van der Waals surface area contributed by atoms with E-state index in [2.05, 4.69) is 5.32 Å². The predicted molar refractivity (Wildman–Crippen MR) is 105 cm³/mol. The Kier molecular flexibility index (Phi) is 4.87. The summed E-state index contributed by atoms with van der Waals surface area (Å²) in [4.78, 5) is 38.9. The lowest BCUT2D eigenvalue weighted by Gasteiger charge is -2.11. The van der Waals surface area contributed by atoms with E-state index in [0.717, 1.165) is 4.90 Å². The van der Waals surface area contributed by atoms with Gasteiger partial charge in [0.15, 0.2) is 0 Å². The number of rotatable bonds is 6. The Balaban J connectivity index is 1.51. The van der Waals surface area contributed by atoms with Crippen molar-refractivity contribution in [1.29, 1.82) is 0 Å². The first kappa shape index (κ1) is 18.5. The van der Waals surface area contributed by atoms with Crippen LogP contribution in [0, 0.1) is 0 Å². The molecule has 0 radical (unpaired) electrons. The van der Waals surface area contributed by atoms with Crippen molar-refractivity contribution in [2.45, 2.75) is 13.5 Å². The molecule has 0 saturated heterocycles. The van der Waals surface area contributed by atoms with E-state index in [9.17, 15) is 14.4 Å². The van der Waals surface area contributed by atoms with Crippen molar-refractivity contribution < 1.29 is 23.5 Å². The monoisotopic (exact) mass is 390 g/mol. The van der Waals surface area contributed by atoms with Gasteiger partial charge in [0.05, 0.1) is 30.5 Å². The third-order valence-corrected chi connectivity index (χ3v) is 4.55. The third-order valence-electron chi connectivity index (χ3n) is 4.55. The second kappa shape index (κ2) is 7.63. The molecular weight excluding hydrogens is 372 g/mol. The summed E-state index contributed by atoms with van der Waals surface area (Å²) in [5.41, 5.74) is 1.37. The second-order valence-electron chi connectivity index (χ2n) is 6.45. The van der Waals surface area contributed by atoms with Crippen LogP contribution in [0.4, 0.5) is 5.69 Å². The molecule has 2 aromatic carbocycles. The lowest BCUT2D eigenvalue weighted by Crippen LogP contribution is -2.28. The normalized spacial score (nSPS) is 12.8. The van der Waals surface area contributed by atoms with E-state index < -0.39 is 11.8 Å². The second-order valence-corrected chi connectivity index (χ2v) is 6.45. The molecule has 146 valence electrons. The number of nitrogens with zero attached hydrogens (tertiary/aromatic N) is 1. The fraction of sp³-hybridized carbons (Fsp3) is 0.136. The molecule has 3 amide bonds. The van der Waals surface area contributed by atoms with Crippen molar-refractivity contribution >= 4 is 23.4 Å². The van der Waals surface area contributed by atoms with E-state index in [1.165, 1.54) is 24.5 Å². The highest BCUT2D eigenvalue weighted by Gasteiger charge is 2.36. The average molecular weight is 390 g/mol. The Labute approximate surface area is 166 Å². The summed E-state index contributed by atoms with van der Waals surface area (Å²) in [6.07, 6.45) is 1.48. The van der Waals surface area contributed by atoms with Crippen molar-refractivity contribution in [1.82, 2.24) is 4.90 Å². The molecule has 29 heavy (non-hydrogen) atoms. The number of nitrogens with one attached hydrogen (secondary N) is 1. The van der Waals surface area contributed by atoms with E-state index in [4.69, 9.17) is 9.15 Å². The molecule has 1 N–H and O–H groups in total. The minimum atomic E-state index is -0.447. The Morgan fingerprint density at radius 2 is 1.79 bits per heavy atom. The highest BCUT2D eigenvalue weighted by molar-refractivity contribution is 6.22. The summed E-state index contributed by atoms with van der Waals surface area (Å²) in [6, 6.07) is 14.9. The lowest BCUT2D eigenvalue weighted by molar-refractivity contribution is 0.0631. The molecule has 2 heterocycles. The summed E-state index contributed by atoms with van der Waals surface area (Å²) < 4.78 is 10.6. The number of hydrogen-bond donors (Lipinski definition) is 1. The van der Waals surface area contributed by atoms with Gasteiger partial charge in [-0.05, 0) is 61.5 Å². The van der Waals surface area contributed by atoms with Crippen LogP contribution >= 0.6 is 0 Å². The van der Waals surface area contributed by atoms with Crippen LogP contribution in [0.15, 0.2) is 65.3 Å². The summed E-state index contributed by atoms with van der Waals surface area (Å²) in [5.74, 6) is -0.00422. The molecule has 0 aliphatic carbocycles. The van der Waals surface area contributed by atoms with Gasteiger partial charge in [0.2, 0.25) is 0 Å². The fourth-order valence-electron chi connectivity index (χ4n) is 3.14. The highest BCUT2D eigenvalue weighted by atomic mass is 16.5. The molecule has 1 aromatic heterocycles. The maximum absolute atomic E-state index is 12.7. The van der Waals surface area contributed by atoms with Crippen LogP contribution in [0.25, 0.3) is 0 Å². The quantitative estimate of drug-likeness (QED) is 0.648. The van der Waals surface area contributed by atoms with Crippen molar-refractivity contribution in [3.8, 4) is 5.75 Å². The smallest absolute Gasteiger partial charge is 0.261 e. The molecule has 0 bridgehead atoms. The van der Waals surface area contributed by atoms with Gasteiger partial charge in [-0.1, -0.05) is 0 Å². The summed E-state index contributed by atoms with van der Waals surface area (Å²) in [5, 5.41) is 2.77. The zero-order valence-electron chi connectivity index (χ0n) is 15.7. The Hall–Kier alpha value is -3.87. The van der Waals surface area contributed by atoms with E-state index >= 15 is 0 Å². The van der Waals surface area contributed by atoms with Gasteiger partial charge in [-0.15, -0.1) is 0 Å². The van der Waals surface area contributed by atoms with Gasteiger partial charge in [-0.3, -0.25) is 19.3 Å². The molecule has 3 aromatic rings. The van der Waals surface area contributed by atoms with E-state index in [-0.39, 0.29) is 23.6 Å². The van der Waals surface area contributed by atoms with Gasteiger partial charge in [-0.2, -0.15) is 0 Å². The van der Waals surface area contributed by atoms with Gasteiger partial charge < -0.3 is 14.5 Å². The number of imide groups is 1. The maximum Gasteiger partial charge on any atom is 0.261 e. The number of benzene rings is 2. The number of fused-ring (bicyclic) bond motifs is 1. The third kappa shape index (κ3) is 3.62. The molecule has 1 aliphatic heterocycles. The number of furan rings is 1. The standard InChI is InChI=1S/C22H18N2O5/c1-2-28-16-8-6-15(7-9-16)23-20(25)14-5-10-18-19(12-14)22(27)24(21(18)26)13-17-4-3-11-29-17/h3-12H,2,13H2,1H3,(H,23,25). The number of ether oxygens (including phenoxy) is 1.